The van der Waals surface area contributed by atoms with E-state index in [0.29, 0.717) is 19.8 Å². The van der Waals surface area contributed by atoms with Gasteiger partial charge in [-0.05, 0) is 51.3 Å². The van der Waals surface area contributed by atoms with Crippen LogP contribution >= 0.6 is 24.0 Å². The highest BCUT2D eigenvalue weighted by Gasteiger charge is 2.16. The molecule has 0 saturated heterocycles. The molecular formula is C22H35IN6O2. The van der Waals surface area contributed by atoms with E-state index in [4.69, 9.17) is 9.47 Å². The van der Waals surface area contributed by atoms with Crippen LogP contribution in [0.2, 0.25) is 0 Å². The van der Waals surface area contributed by atoms with Crippen molar-refractivity contribution in [3.8, 4) is 11.5 Å². The molecule has 0 spiro atoms. The Labute approximate surface area is 202 Å². The fraction of sp³-hybridized carbons (Fsp3) is 0.591. The van der Waals surface area contributed by atoms with Crippen LogP contribution in [0.5, 0.6) is 11.5 Å². The number of benzene rings is 1. The molecule has 0 aliphatic carbocycles. The third-order valence-electron chi connectivity index (χ3n) is 5.24. The monoisotopic (exact) mass is 542 g/mol. The lowest BCUT2D eigenvalue weighted by molar-refractivity contribution is 0.287. The molecule has 1 aliphatic rings. The molecule has 2 aromatic rings. The van der Waals surface area contributed by atoms with E-state index in [-0.39, 0.29) is 30.0 Å². The first-order chi connectivity index (χ1) is 14.7. The maximum atomic E-state index is 5.75. The summed E-state index contributed by atoms with van der Waals surface area (Å²) in [4.78, 5) is 4.37. The molecule has 1 unspecified atom stereocenters. The van der Waals surface area contributed by atoms with E-state index < -0.39 is 0 Å². The van der Waals surface area contributed by atoms with Crippen LogP contribution in [-0.2, 0) is 19.5 Å². The first-order valence-corrected chi connectivity index (χ1v) is 10.9. The van der Waals surface area contributed by atoms with Crippen LogP contribution in [0.1, 0.15) is 63.3 Å². The lowest BCUT2D eigenvalue weighted by Crippen LogP contribution is -2.38. The topological polar surface area (TPSA) is 85.6 Å². The second-order valence-corrected chi connectivity index (χ2v) is 7.36. The molecule has 1 aromatic heterocycles. The van der Waals surface area contributed by atoms with Gasteiger partial charge in [0.25, 0.3) is 0 Å². The number of aromatic nitrogens is 3. The van der Waals surface area contributed by atoms with E-state index in [0.717, 1.165) is 47.6 Å². The van der Waals surface area contributed by atoms with Crippen LogP contribution < -0.4 is 20.1 Å². The van der Waals surface area contributed by atoms with Crippen LogP contribution in [0.15, 0.2) is 23.2 Å². The molecule has 8 nitrogen and oxygen atoms in total. The van der Waals surface area contributed by atoms with Gasteiger partial charge in [-0.25, -0.2) is 0 Å². The molecule has 2 N–H and O–H groups in total. The van der Waals surface area contributed by atoms with Gasteiger partial charge in [0.2, 0.25) is 0 Å². The predicted molar refractivity (Wildman–Crippen MR) is 134 cm³/mol. The second kappa shape index (κ2) is 12.7. The average Bonchev–Trinajstić information content (AvgIpc) is 2.98. The number of hydrogen-bond donors (Lipinski definition) is 2. The Balaban J connectivity index is 0.00000341. The van der Waals surface area contributed by atoms with Gasteiger partial charge in [0.15, 0.2) is 23.3 Å². The number of nitrogens with one attached hydrogen (secondary N) is 2. The SMILES string of the molecule is CCOc1ccc(C(C)NC(=NC)NCc2nnc3n2CCCCC3)cc1OCC.I. The van der Waals surface area contributed by atoms with Crippen molar-refractivity contribution in [2.75, 3.05) is 20.3 Å². The van der Waals surface area contributed by atoms with Gasteiger partial charge >= 0.3 is 0 Å². The van der Waals surface area contributed by atoms with E-state index in [9.17, 15) is 0 Å². The van der Waals surface area contributed by atoms with Crippen molar-refractivity contribution in [3.63, 3.8) is 0 Å². The number of fused-ring (bicyclic) bond motifs is 1. The summed E-state index contributed by atoms with van der Waals surface area (Å²) in [5.41, 5.74) is 1.10. The summed E-state index contributed by atoms with van der Waals surface area (Å²) in [7, 11) is 1.77. The normalized spacial score (nSPS) is 14.6. The third kappa shape index (κ3) is 6.72. The number of ether oxygens (including phenoxy) is 2. The van der Waals surface area contributed by atoms with Crippen molar-refractivity contribution < 1.29 is 9.47 Å². The minimum absolute atomic E-state index is 0. The molecule has 2 heterocycles. The van der Waals surface area contributed by atoms with Crippen LogP contribution in [-0.4, -0.2) is 41.0 Å². The average molecular weight is 542 g/mol. The maximum Gasteiger partial charge on any atom is 0.191 e. The number of aliphatic imine (C=N–C) groups is 1. The summed E-state index contributed by atoms with van der Waals surface area (Å²) in [6.07, 6.45) is 4.64. The van der Waals surface area contributed by atoms with Gasteiger partial charge in [-0.1, -0.05) is 12.5 Å². The van der Waals surface area contributed by atoms with Crippen LogP contribution in [0, 0.1) is 0 Å². The zero-order chi connectivity index (χ0) is 21.3. The smallest absolute Gasteiger partial charge is 0.191 e. The standard InChI is InChI=1S/C22H34N6O2.HI/c1-5-29-18-12-11-17(14-19(18)30-6-2)16(3)25-22(23-4)24-15-21-27-26-20-10-8-7-9-13-28(20)21;/h11-12,14,16H,5-10,13,15H2,1-4H3,(H2,23,24,25);1H. The number of rotatable bonds is 8. The van der Waals surface area contributed by atoms with Crippen molar-refractivity contribution in [1.29, 1.82) is 0 Å². The van der Waals surface area contributed by atoms with Crippen LogP contribution in [0.3, 0.4) is 0 Å². The summed E-state index contributed by atoms with van der Waals surface area (Å²) < 4.78 is 13.7. The van der Waals surface area contributed by atoms with Gasteiger partial charge < -0.3 is 24.7 Å². The lowest BCUT2D eigenvalue weighted by atomic mass is 10.1. The second-order valence-electron chi connectivity index (χ2n) is 7.36. The highest BCUT2D eigenvalue weighted by atomic mass is 127. The molecule has 0 fully saturated rings. The highest BCUT2D eigenvalue weighted by molar-refractivity contribution is 14.0. The largest absolute Gasteiger partial charge is 0.490 e. The minimum Gasteiger partial charge on any atom is -0.490 e. The molecule has 1 aliphatic heterocycles. The molecular weight excluding hydrogens is 507 g/mol. The third-order valence-corrected chi connectivity index (χ3v) is 5.24. The molecule has 1 atom stereocenters. The fourth-order valence-corrected chi connectivity index (χ4v) is 3.66. The molecule has 0 radical (unpaired) electrons. The van der Waals surface area contributed by atoms with Gasteiger partial charge in [0.05, 0.1) is 25.8 Å². The Morgan fingerprint density at radius 3 is 2.65 bits per heavy atom. The number of halogens is 1. The number of aryl methyl sites for hydroxylation is 1. The summed E-state index contributed by atoms with van der Waals surface area (Å²) >= 11 is 0. The minimum atomic E-state index is 0. The quantitative estimate of drug-likeness (QED) is 0.300. The summed E-state index contributed by atoms with van der Waals surface area (Å²) in [5.74, 6) is 4.31. The van der Waals surface area contributed by atoms with Crippen LogP contribution in [0.25, 0.3) is 0 Å². The number of guanidine groups is 1. The highest BCUT2D eigenvalue weighted by Crippen LogP contribution is 2.30. The zero-order valence-corrected chi connectivity index (χ0v) is 21.3. The lowest BCUT2D eigenvalue weighted by Gasteiger charge is -2.20. The molecule has 172 valence electrons. The van der Waals surface area contributed by atoms with Crippen LogP contribution in [0.4, 0.5) is 0 Å². The van der Waals surface area contributed by atoms with Crippen molar-refractivity contribution in [1.82, 2.24) is 25.4 Å². The Bertz CT molecular complexity index is 855. The number of hydrogen-bond acceptors (Lipinski definition) is 5. The van der Waals surface area contributed by atoms with E-state index in [1.54, 1.807) is 7.05 Å². The summed E-state index contributed by atoms with van der Waals surface area (Å²) in [5, 5.41) is 15.6. The van der Waals surface area contributed by atoms with Crippen molar-refractivity contribution in [3.05, 3.63) is 35.4 Å². The van der Waals surface area contributed by atoms with Gasteiger partial charge in [-0.15, -0.1) is 34.2 Å². The fourth-order valence-electron chi connectivity index (χ4n) is 3.66. The van der Waals surface area contributed by atoms with E-state index in [2.05, 4.69) is 43.4 Å². The Morgan fingerprint density at radius 1 is 1.13 bits per heavy atom. The molecule has 31 heavy (non-hydrogen) atoms. The van der Waals surface area contributed by atoms with Gasteiger partial charge in [-0.3, -0.25) is 4.99 Å². The van der Waals surface area contributed by atoms with Gasteiger partial charge in [-0.2, -0.15) is 0 Å². The van der Waals surface area contributed by atoms with E-state index in [1.807, 2.05) is 26.0 Å². The summed E-state index contributed by atoms with van der Waals surface area (Å²) in [6, 6.07) is 6.08. The van der Waals surface area contributed by atoms with E-state index in [1.165, 1.54) is 19.3 Å². The van der Waals surface area contributed by atoms with Crippen molar-refractivity contribution >= 4 is 29.9 Å². The molecule has 1 aromatic carbocycles. The predicted octanol–water partition coefficient (Wildman–Crippen LogP) is 3.85. The first kappa shape index (κ1) is 25.2. The molecule has 9 heteroatoms. The molecule has 0 amide bonds. The summed E-state index contributed by atoms with van der Waals surface area (Å²) in [6.45, 7) is 8.83. The van der Waals surface area contributed by atoms with E-state index >= 15 is 0 Å². The molecule has 0 bridgehead atoms. The maximum absolute atomic E-state index is 5.75. The Kier molecular flexibility index (Phi) is 10.4. The Hall–Kier alpha value is -2.04. The van der Waals surface area contributed by atoms with Gasteiger partial charge in [0.1, 0.15) is 5.82 Å². The van der Waals surface area contributed by atoms with Gasteiger partial charge in [0, 0.05) is 20.0 Å². The molecule has 3 rings (SSSR count). The number of nitrogens with zero attached hydrogens (tertiary/aromatic N) is 4. The van der Waals surface area contributed by atoms with Crippen molar-refractivity contribution in [2.24, 2.45) is 4.99 Å². The Morgan fingerprint density at radius 2 is 1.90 bits per heavy atom. The zero-order valence-electron chi connectivity index (χ0n) is 19.0. The van der Waals surface area contributed by atoms with Crippen molar-refractivity contribution in [2.45, 2.75) is 65.6 Å². The molecule has 0 saturated carbocycles. The first-order valence-electron chi connectivity index (χ1n) is 10.9.